The van der Waals surface area contributed by atoms with Crippen LogP contribution in [0.4, 0.5) is 4.39 Å². The molecule has 1 rings (SSSR count). The van der Waals surface area contributed by atoms with E-state index >= 15 is 0 Å². The average molecular weight is 264 g/mol. The van der Waals surface area contributed by atoms with E-state index in [-0.39, 0.29) is 24.6 Å². The van der Waals surface area contributed by atoms with Gasteiger partial charge < -0.3 is 9.84 Å². The summed E-state index contributed by atoms with van der Waals surface area (Å²) in [6, 6.07) is 4.87. The second kappa shape index (κ2) is 7.28. The molecule has 0 fully saturated rings. The zero-order valence-electron chi connectivity index (χ0n) is 11.8. The lowest BCUT2D eigenvalue weighted by Crippen LogP contribution is -2.22. The first kappa shape index (κ1) is 15.7. The fourth-order valence-electron chi connectivity index (χ4n) is 1.34. The predicted octanol–water partition coefficient (Wildman–Crippen LogP) is 3.26. The number of halogens is 1. The number of aliphatic hydroxyl groups is 1. The van der Waals surface area contributed by atoms with Crippen LogP contribution >= 0.6 is 0 Å². The summed E-state index contributed by atoms with van der Waals surface area (Å²) < 4.78 is 19.5. The van der Waals surface area contributed by atoms with Crippen molar-refractivity contribution in [2.24, 2.45) is 0 Å². The first-order valence-electron chi connectivity index (χ1n) is 6.50. The summed E-state index contributed by atoms with van der Waals surface area (Å²) in [6.45, 7) is 6.29. The highest BCUT2D eigenvalue weighted by Gasteiger charge is 2.16. The maximum atomic E-state index is 13.8. The molecule has 0 aliphatic rings. The molecule has 1 aromatic rings. The van der Waals surface area contributed by atoms with Gasteiger partial charge in [-0.2, -0.15) is 0 Å². The highest BCUT2D eigenvalue weighted by Crippen LogP contribution is 2.18. The van der Waals surface area contributed by atoms with Crippen molar-refractivity contribution >= 4 is 0 Å². The Hall–Kier alpha value is -1.37. The Morgan fingerprint density at radius 3 is 2.68 bits per heavy atom. The third-order valence-corrected chi connectivity index (χ3v) is 2.99. The molecule has 0 heterocycles. The first-order valence-corrected chi connectivity index (χ1v) is 6.50. The van der Waals surface area contributed by atoms with Gasteiger partial charge in [-0.3, -0.25) is 0 Å². The molecule has 104 valence electrons. The van der Waals surface area contributed by atoms with Crippen LogP contribution in [0.2, 0.25) is 0 Å². The predicted molar refractivity (Wildman–Crippen MR) is 74.1 cm³/mol. The Morgan fingerprint density at radius 2 is 2.11 bits per heavy atom. The summed E-state index contributed by atoms with van der Waals surface area (Å²) in [5.74, 6) is 5.27. The summed E-state index contributed by atoms with van der Waals surface area (Å²) >= 11 is 0. The van der Waals surface area contributed by atoms with Crippen LogP contribution in [0.25, 0.3) is 0 Å². The molecule has 19 heavy (non-hydrogen) atoms. The topological polar surface area (TPSA) is 29.5 Å². The molecule has 0 atom stereocenters. The van der Waals surface area contributed by atoms with E-state index in [0.29, 0.717) is 17.5 Å². The third kappa shape index (κ3) is 5.42. The molecule has 0 saturated heterocycles. The average Bonchev–Trinajstić information content (AvgIpc) is 2.38. The Bertz CT molecular complexity index is 469. The van der Waals surface area contributed by atoms with Crippen molar-refractivity contribution in [2.75, 3.05) is 6.61 Å². The summed E-state index contributed by atoms with van der Waals surface area (Å²) in [5, 5.41) is 8.62. The molecule has 0 saturated carbocycles. The van der Waals surface area contributed by atoms with Crippen molar-refractivity contribution in [3.8, 4) is 11.8 Å². The van der Waals surface area contributed by atoms with Crippen LogP contribution in [0, 0.1) is 17.7 Å². The third-order valence-electron chi connectivity index (χ3n) is 2.99. The fourth-order valence-corrected chi connectivity index (χ4v) is 1.34. The van der Waals surface area contributed by atoms with Crippen molar-refractivity contribution in [2.45, 2.75) is 45.8 Å². The van der Waals surface area contributed by atoms with Gasteiger partial charge in [0.1, 0.15) is 5.82 Å². The molecule has 0 aliphatic heterocycles. The summed E-state index contributed by atoms with van der Waals surface area (Å²) in [5.41, 5.74) is 0.908. The molecule has 0 spiro atoms. The zero-order chi connectivity index (χ0) is 14.3. The standard InChI is InChI=1S/C16H21FO2/c1-4-16(2,3)19-12-14-9-8-13(11-15(14)17)7-5-6-10-18/h8-9,11,18H,4,6,10,12H2,1-3H3. The van der Waals surface area contributed by atoms with Crippen molar-refractivity contribution in [3.63, 3.8) is 0 Å². The minimum absolute atomic E-state index is 0.0213. The maximum Gasteiger partial charge on any atom is 0.129 e. The number of hydrogen-bond donors (Lipinski definition) is 1. The van der Waals surface area contributed by atoms with E-state index in [1.54, 1.807) is 12.1 Å². The second-order valence-corrected chi connectivity index (χ2v) is 4.98. The molecule has 2 nitrogen and oxygen atoms in total. The van der Waals surface area contributed by atoms with Gasteiger partial charge in [0.2, 0.25) is 0 Å². The maximum absolute atomic E-state index is 13.8. The molecule has 0 aliphatic carbocycles. The summed E-state index contributed by atoms with van der Waals surface area (Å²) in [4.78, 5) is 0. The van der Waals surface area contributed by atoms with E-state index < -0.39 is 0 Å². The normalized spacial score (nSPS) is 11.0. The first-order chi connectivity index (χ1) is 8.98. The molecular weight excluding hydrogens is 243 g/mol. The molecule has 1 aromatic carbocycles. The zero-order valence-corrected chi connectivity index (χ0v) is 11.8. The van der Waals surface area contributed by atoms with Crippen LogP contribution in [0.3, 0.4) is 0 Å². The Labute approximate surface area is 114 Å². The van der Waals surface area contributed by atoms with Gasteiger partial charge in [0, 0.05) is 17.5 Å². The fraction of sp³-hybridized carbons (Fsp3) is 0.500. The van der Waals surface area contributed by atoms with Crippen LogP contribution in [0.1, 0.15) is 44.7 Å². The Balaban J connectivity index is 2.70. The van der Waals surface area contributed by atoms with Gasteiger partial charge in [-0.25, -0.2) is 4.39 Å². The van der Waals surface area contributed by atoms with Crippen molar-refractivity contribution in [1.29, 1.82) is 0 Å². The van der Waals surface area contributed by atoms with Crippen LogP contribution in [0.15, 0.2) is 18.2 Å². The Kier molecular flexibility index (Phi) is 6.01. The van der Waals surface area contributed by atoms with Gasteiger partial charge >= 0.3 is 0 Å². The van der Waals surface area contributed by atoms with Crippen LogP contribution in [-0.2, 0) is 11.3 Å². The number of ether oxygens (including phenoxy) is 1. The van der Waals surface area contributed by atoms with Crippen LogP contribution in [-0.4, -0.2) is 17.3 Å². The van der Waals surface area contributed by atoms with Crippen LogP contribution in [0.5, 0.6) is 0 Å². The van der Waals surface area contributed by atoms with Gasteiger partial charge in [0.25, 0.3) is 0 Å². The molecular formula is C16H21FO2. The molecule has 0 radical (unpaired) electrons. The van der Waals surface area contributed by atoms with Crippen molar-refractivity contribution in [1.82, 2.24) is 0 Å². The van der Waals surface area contributed by atoms with Crippen molar-refractivity contribution < 1.29 is 14.2 Å². The highest BCUT2D eigenvalue weighted by molar-refractivity contribution is 5.36. The van der Waals surface area contributed by atoms with Gasteiger partial charge in [-0.15, -0.1) is 0 Å². The van der Waals surface area contributed by atoms with Crippen molar-refractivity contribution in [3.05, 3.63) is 35.1 Å². The van der Waals surface area contributed by atoms with E-state index in [1.165, 1.54) is 6.07 Å². The smallest absolute Gasteiger partial charge is 0.129 e. The summed E-state index contributed by atoms with van der Waals surface area (Å²) in [7, 11) is 0. The van der Waals surface area contributed by atoms with Gasteiger partial charge in [-0.1, -0.05) is 24.8 Å². The largest absolute Gasteiger partial charge is 0.395 e. The van der Waals surface area contributed by atoms with E-state index in [4.69, 9.17) is 9.84 Å². The molecule has 0 bridgehead atoms. The molecule has 1 N–H and O–H groups in total. The highest BCUT2D eigenvalue weighted by atomic mass is 19.1. The summed E-state index contributed by atoms with van der Waals surface area (Å²) in [6.07, 6.45) is 1.27. The lowest BCUT2D eigenvalue weighted by molar-refractivity contribution is -0.0326. The van der Waals surface area contributed by atoms with E-state index in [9.17, 15) is 4.39 Å². The number of aliphatic hydroxyl groups excluding tert-OH is 1. The number of hydrogen-bond acceptors (Lipinski definition) is 2. The quantitative estimate of drug-likeness (QED) is 0.827. The molecule has 0 unspecified atom stereocenters. The number of benzene rings is 1. The molecule has 0 amide bonds. The van der Waals surface area contributed by atoms with Gasteiger partial charge in [-0.05, 0) is 32.4 Å². The van der Waals surface area contributed by atoms with Gasteiger partial charge in [0.05, 0.1) is 18.8 Å². The molecule has 3 heteroatoms. The lowest BCUT2D eigenvalue weighted by Gasteiger charge is -2.23. The van der Waals surface area contributed by atoms with Gasteiger partial charge in [0.15, 0.2) is 0 Å². The number of rotatable bonds is 5. The molecule has 0 aromatic heterocycles. The van der Waals surface area contributed by atoms with E-state index in [0.717, 1.165) is 6.42 Å². The monoisotopic (exact) mass is 264 g/mol. The SMILES string of the molecule is CCC(C)(C)OCc1ccc(C#CCCO)cc1F. The minimum Gasteiger partial charge on any atom is -0.395 e. The lowest BCUT2D eigenvalue weighted by atomic mass is 10.1. The van der Waals surface area contributed by atoms with E-state index in [1.807, 2.05) is 20.8 Å². The minimum atomic E-state index is -0.303. The van der Waals surface area contributed by atoms with Crippen LogP contribution < -0.4 is 0 Å². The van der Waals surface area contributed by atoms with E-state index in [2.05, 4.69) is 11.8 Å². The Morgan fingerprint density at radius 1 is 1.37 bits per heavy atom. The second-order valence-electron chi connectivity index (χ2n) is 4.98.